The van der Waals surface area contributed by atoms with Gasteiger partial charge >= 0.3 is 5.97 Å². The Morgan fingerprint density at radius 3 is 2.50 bits per heavy atom. The highest BCUT2D eigenvalue weighted by Crippen LogP contribution is 2.05. The lowest BCUT2D eigenvalue weighted by Gasteiger charge is -2.02. The lowest BCUT2D eigenvalue weighted by molar-refractivity contribution is -0.140. The van der Waals surface area contributed by atoms with Crippen molar-refractivity contribution in [2.75, 3.05) is 7.11 Å². The maximum atomic E-state index is 12.5. The van der Waals surface area contributed by atoms with Crippen LogP contribution in [-0.4, -0.2) is 19.1 Å². The van der Waals surface area contributed by atoms with Crippen molar-refractivity contribution in [3.05, 3.63) is 41.7 Å². The van der Waals surface area contributed by atoms with Gasteiger partial charge in [0.05, 0.1) is 7.11 Å². The van der Waals surface area contributed by atoms with E-state index in [0.717, 1.165) is 5.56 Å². The number of carbonyl (C=O) groups excluding carboxylic acids is 1. The lowest BCUT2D eigenvalue weighted by atomic mass is 10.2. The molecule has 0 aliphatic carbocycles. The second-order valence-electron chi connectivity index (χ2n) is 2.96. The zero-order chi connectivity index (χ0) is 11.3. The molecule has 1 unspecified atom stereocenters. The van der Waals surface area contributed by atoms with E-state index in [1.807, 2.05) is 0 Å². The van der Waals surface area contributed by atoms with Crippen LogP contribution in [0.1, 0.15) is 5.56 Å². The van der Waals surface area contributed by atoms with Crippen molar-refractivity contribution in [3.63, 3.8) is 0 Å². The van der Waals surface area contributed by atoms with Crippen molar-refractivity contribution < 1.29 is 13.9 Å². The van der Waals surface area contributed by atoms with E-state index in [1.54, 1.807) is 18.2 Å². The Bertz CT molecular complexity index is 365. The molecular formula is C11H13ClFNO2. The molecule has 16 heavy (non-hydrogen) atoms. The number of nitrogens with two attached hydrogens (primary N) is 1. The SMILES string of the molecule is COC(=O)C(N)C=Cc1ccc(F)cc1.Cl. The minimum atomic E-state index is -0.792. The first-order chi connectivity index (χ1) is 7.13. The molecule has 0 aliphatic heterocycles. The molecule has 0 saturated heterocycles. The lowest BCUT2D eigenvalue weighted by Crippen LogP contribution is -2.28. The molecule has 2 N–H and O–H groups in total. The molecule has 88 valence electrons. The normalized spacial score (nSPS) is 11.9. The molecule has 0 radical (unpaired) electrons. The summed E-state index contributed by atoms with van der Waals surface area (Å²) in [6, 6.07) is 5.07. The smallest absolute Gasteiger partial charge is 0.326 e. The molecule has 1 aromatic carbocycles. The van der Waals surface area contributed by atoms with Crippen LogP contribution in [0.2, 0.25) is 0 Å². The summed E-state index contributed by atoms with van der Waals surface area (Å²) in [5.74, 6) is -0.808. The first kappa shape index (κ1) is 14.6. The van der Waals surface area contributed by atoms with Crippen molar-refractivity contribution in [1.29, 1.82) is 0 Å². The Kier molecular flexibility index (Phi) is 6.37. The summed E-state index contributed by atoms with van der Waals surface area (Å²) in [5.41, 5.74) is 6.24. The summed E-state index contributed by atoms with van der Waals surface area (Å²) >= 11 is 0. The van der Waals surface area contributed by atoms with E-state index in [4.69, 9.17) is 5.73 Å². The summed E-state index contributed by atoms with van der Waals surface area (Å²) < 4.78 is 17.0. The summed E-state index contributed by atoms with van der Waals surface area (Å²) in [4.78, 5) is 10.9. The van der Waals surface area contributed by atoms with Gasteiger partial charge in [0.25, 0.3) is 0 Å². The van der Waals surface area contributed by atoms with Crippen molar-refractivity contribution in [2.24, 2.45) is 5.73 Å². The predicted molar refractivity (Wildman–Crippen MR) is 62.7 cm³/mol. The summed E-state index contributed by atoms with van der Waals surface area (Å²) in [7, 11) is 1.27. The minimum absolute atomic E-state index is 0. The van der Waals surface area contributed by atoms with Gasteiger partial charge in [-0.3, -0.25) is 4.79 Å². The standard InChI is InChI=1S/C11H12FNO2.ClH/c1-15-11(14)10(13)7-4-8-2-5-9(12)6-3-8;/h2-7,10H,13H2,1H3;1H. The van der Waals surface area contributed by atoms with Gasteiger partial charge in [-0.2, -0.15) is 0 Å². The Labute approximate surface area is 99.5 Å². The Balaban J connectivity index is 0.00000225. The number of ether oxygens (including phenoxy) is 1. The quantitative estimate of drug-likeness (QED) is 0.826. The van der Waals surface area contributed by atoms with Crippen LogP contribution in [0.4, 0.5) is 4.39 Å². The molecule has 1 atom stereocenters. The molecule has 0 fully saturated rings. The van der Waals surface area contributed by atoms with Gasteiger partial charge in [0.2, 0.25) is 0 Å². The molecule has 1 rings (SSSR count). The van der Waals surface area contributed by atoms with Crippen molar-refractivity contribution >= 4 is 24.5 Å². The Morgan fingerprint density at radius 2 is 2.00 bits per heavy atom. The minimum Gasteiger partial charge on any atom is -0.468 e. The van der Waals surface area contributed by atoms with Crippen LogP contribution >= 0.6 is 12.4 Å². The van der Waals surface area contributed by atoms with Crippen molar-refractivity contribution in [1.82, 2.24) is 0 Å². The summed E-state index contributed by atoms with van der Waals surface area (Å²) in [6.07, 6.45) is 3.14. The zero-order valence-electron chi connectivity index (χ0n) is 8.72. The van der Waals surface area contributed by atoms with E-state index in [9.17, 15) is 9.18 Å². The van der Waals surface area contributed by atoms with E-state index in [1.165, 1.54) is 25.3 Å². The van der Waals surface area contributed by atoms with Crippen molar-refractivity contribution in [3.8, 4) is 0 Å². The third kappa shape index (κ3) is 4.42. The molecule has 0 saturated carbocycles. The van der Waals surface area contributed by atoms with Crippen LogP contribution in [0.15, 0.2) is 30.3 Å². The zero-order valence-corrected chi connectivity index (χ0v) is 9.54. The van der Waals surface area contributed by atoms with Gasteiger partial charge in [-0.05, 0) is 17.7 Å². The fourth-order valence-corrected chi connectivity index (χ4v) is 1.00. The van der Waals surface area contributed by atoms with Crippen LogP contribution in [0.3, 0.4) is 0 Å². The molecular weight excluding hydrogens is 233 g/mol. The molecule has 0 heterocycles. The highest BCUT2D eigenvalue weighted by atomic mass is 35.5. The highest BCUT2D eigenvalue weighted by molar-refractivity contribution is 5.85. The van der Waals surface area contributed by atoms with Crippen LogP contribution in [0.25, 0.3) is 6.08 Å². The third-order valence-corrected chi connectivity index (χ3v) is 1.84. The number of benzene rings is 1. The van der Waals surface area contributed by atoms with Gasteiger partial charge in [0.15, 0.2) is 0 Å². The van der Waals surface area contributed by atoms with Crippen LogP contribution in [0, 0.1) is 5.82 Å². The number of methoxy groups -OCH3 is 1. The molecule has 5 heteroatoms. The maximum absolute atomic E-state index is 12.5. The number of hydrogen-bond donors (Lipinski definition) is 1. The van der Waals surface area contributed by atoms with Gasteiger partial charge < -0.3 is 10.5 Å². The van der Waals surface area contributed by atoms with Gasteiger partial charge in [-0.15, -0.1) is 12.4 Å². The number of hydrogen-bond acceptors (Lipinski definition) is 3. The largest absolute Gasteiger partial charge is 0.468 e. The van der Waals surface area contributed by atoms with Gasteiger partial charge in [0, 0.05) is 0 Å². The fourth-order valence-electron chi connectivity index (χ4n) is 1.00. The van der Waals surface area contributed by atoms with E-state index >= 15 is 0 Å². The Hall–Kier alpha value is -1.39. The molecule has 3 nitrogen and oxygen atoms in total. The van der Waals surface area contributed by atoms with Gasteiger partial charge in [0.1, 0.15) is 11.9 Å². The second kappa shape index (κ2) is 6.98. The fraction of sp³-hybridized carbons (Fsp3) is 0.182. The summed E-state index contributed by atoms with van der Waals surface area (Å²) in [5, 5.41) is 0. The van der Waals surface area contributed by atoms with E-state index in [0.29, 0.717) is 0 Å². The number of carbonyl (C=O) groups is 1. The average molecular weight is 246 g/mol. The number of rotatable bonds is 3. The first-order valence-electron chi connectivity index (χ1n) is 4.40. The average Bonchev–Trinajstić information content (AvgIpc) is 2.26. The van der Waals surface area contributed by atoms with Crippen LogP contribution < -0.4 is 5.73 Å². The monoisotopic (exact) mass is 245 g/mol. The van der Waals surface area contributed by atoms with E-state index in [-0.39, 0.29) is 18.2 Å². The number of halogens is 2. The van der Waals surface area contributed by atoms with E-state index in [2.05, 4.69) is 4.74 Å². The molecule has 0 spiro atoms. The van der Waals surface area contributed by atoms with Gasteiger partial charge in [-0.25, -0.2) is 4.39 Å². The Morgan fingerprint density at radius 1 is 1.44 bits per heavy atom. The van der Waals surface area contributed by atoms with Crippen LogP contribution in [0.5, 0.6) is 0 Å². The van der Waals surface area contributed by atoms with E-state index < -0.39 is 12.0 Å². The first-order valence-corrected chi connectivity index (χ1v) is 4.40. The summed E-state index contributed by atoms with van der Waals surface area (Å²) in [6.45, 7) is 0. The topological polar surface area (TPSA) is 52.3 Å². The second-order valence-corrected chi connectivity index (χ2v) is 2.96. The molecule has 0 aliphatic rings. The molecule has 1 aromatic rings. The number of esters is 1. The molecule has 0 amide bonds. The predicted octanol–water partition coefficient (Wildman–Crippen LogP) is 1.76. The maximum Gasteiger partial charge on any atom is 0.326 e. The molecule has 0 bridgehead atoms. The van der Waals surface area contributed by atoms with Crippen molar-refractivity contribution in [2.45, 2.75) is 6.04 Å². The third-order valence-electron chi connectivity index (χ3n) is 1.84. The highest BCUT2D eigenvalue weighted by Gasteiger charge is 2.08. The van der Waals surface area contributed by atoms with Gasteiger partial charge in [-0.1, -0.05) is 24.3 Å². The molecule has 0 aromatic heterocycles. The van der Waals surface area contributed by atoms with Crippen LogP contribution in [-0.2, 0) is 9.53 Å².